The van der Waals surface area contributed by atoms with Gasteiger partial charge in [0.2, 0.25) is 5.75 Å². The summed E-state index contributed by atoms with van der Waals surface area (Å²) in [7, 11) is -2.37. The minimum Gasteiger partial charge on any atom is -0.490 e. The van der Waals surface area contributed by atoms with Crippen LogP contribution in [0.2, 0.25) is 0 Å². The van der Waals surface area contributed by atoms with Crippen molar-refractivity contribution in [3.8, 4) is 11.5 Å². The number of nitrogens with zero attached hydrogens (tertiary/aromatic N) is 2. The second kappa shape index (κ2) is 12.2. The minimum absolute atomic E-state index is 0.0142. The van der Waals surface area contributed by atoms with E-state index in [9.17, 15) is 17.6 Å². The standard InChI is InChI=1S/C23H30FN3O8S/c1-15(2)33-23(29)35-27-10-7-16(8-11-27)34-20-6-9-25-22(21(20)32-3)26-19-5-4-17(14-18(19)24)36(30,31)13-12-28/h4-6,9,14-16,28H,7-8,10-13H2,1-3H3,(H,25,26). The van der Waals surface area contributed by atoms with Crippen LogP contribution < -0.4 is 14.8 Å². The molecule has 1 saturated heterocycles. The van der Waals surface area contributed by atoms with E-state index in [1.807, 2.05) is 0 Å². The third kappa shape index (κ3) is 7.18. The lowest BCUT2D eigenvalue weighted by atomic mass is 10.1. The number of carbonyl (C=O) groups is 1. The molecule has 0 spiro atoms. The van der Waals surface area contributed by atoms with Crippen LogP contribution in [0, 0.1) is 5.82 Å². The Hall–Kier alpha value is -3.16. The first kappa shape index (κ1) is 27.4. The van der Waals surface area contributed by atoms with Gasteiger partial charge in [0.15, 0.2) is 21.4 Å². The number of benzene rings is 1. The molecule has 0 atom stereocenters. The highest BCUT2D eigenvalue weighted by Gasteiger charge is 2.26. The van der Waals surface area contributed by atoms with Gasteiger partial charge in [-0.3, -0.25) is 0 Å². The number of sulfone groups is 1. The Morgan fingerprint density at radius 1 is 1.28 bits per heavy atom. The molecule has 1 fully saturated rings. The molecule has 0 saturated carbocycles. The molecule has 2 N–H and O–H groups in total. The second-order valence-electron chi connectivity index (χ2n) is 8.25. The van der Waals surface area contributed by atoms with Crippen LogP contribution in [-0.2, 0) is 19.4 Å². The summed E-state index contributed by atoms with van der Waals surface area (Å²) in [5.41, 5.74) is -0.0142. The Labute approximate surface area is 209 Å². The maximum absolute atomic E-state index is 14.7. The number of ether oxygens (including phenoxy) is 3. The quantitative estimate of drug-likeness (QED) is 0.441. The molecule has 1 aromatic heterocycles. The fraction of sp³-hybridized carbons (Fsp3) is 0.478. The molecule has 11 nitrogen and oxygen atoms in total. The molecule has 0 aliphatic carbocycles. The van der Waals surface area contributed by atoms with E-state index in [1.54, 1.807) is 19.9 Å². The van der Waals surface area contributed by atoms with Gasteiger partial charge in [0.25, 0.3) is 0 Å². The van der Waals surface area contributed by atoms with Crippen molar-refractivity contribution < 1.29 is 41.8 Å². The van der Waals surface area contributed by atoms with Gasteiger partial charge >= 0.3 is 6.16 Å². The highest BCUT2D eigenvalue weighted by molar-refractivity contribution is 7.91. The molecular weight excluding hydrogens is 497 g/mol. The van der Waals surface area contributed by atoms with E-state index in [-0.39, 0.29) is 34.4 Å². The molecule has 1 aromatic carbocycles. The zero-order valence-electron chi connectivity index (χ0n) is 20.3. The van der Waals surface area contributed by atoms with Crippen LogP contribution in [0.4, 0.5) is 20.7 Å². The van der Waals surface area contributed by atoms with E-state index in [0.29, 0.717) is 31.7 Å². The third-order valence-corrected chi connectivity index (χ3v) is 6.91. The van der Waals surface area contributed by atoms with Crippen molar-refractivity contribution >= 4 is 27.5 Å². The summed E-state index contributed by atoms with van der Waals surface area (Å²) >= 11 is 0. The number of rotatable bonds is 10. The molecule has 3 rings (SSSR count). The molecule has 2 heterocycles. The Bertz CT molecular complexity index is 1150. The summed E-state index contributed by atoms with van der Waals surface area (Å²) in [6.07, 6.45) is 1.40. The van der Waals surface area contributed by atoms with Crippen molar-refractivity contribution in [1.29, 1.82) is 0 Å². The van der Waals surface area contributed by atoms with Crippen molar-refractivity contribution in [2.75, 3.05) is 37.9 Å². The Morgan fingerprint density at radius 3 is 2.61 bits per heavy atom. The number of hydrogen-bond acceptors (Lipinski definition) is 11. The lowest BCUT2D eigenvalue weighted by molar-refractivity contribution is -0.151. The number of nitrogens with one attached hydrogen (secondary N) is 1. The summed E-state index contributed by atoms with van der Waals surface area (Å²) in [4.78, 5) is 20.8. The fourth-order valence-electron chi connectivity index (χ4n) is 3.51. The van der Waals surface area contributed by atoms with Crippen molar-refractivity contribution in [3.05, 3.63) is 36.3 Å². The topological polar surface area (TPSA) is 137 Å². The first-order valence-electron chi connectivity index (χ1n) is 11.4. The molecule has 1 aliphatic rings. The SMILES string of the molecule is COc1c(OC2CCN(OC(=O)OC(C)C)CC2)ccnc1Nc1ccc(S(=O)(=O)CCO)cc1F. The van der Waals surface area contributed by atoms with E-state index >= 15 is 0 Å². The number of hydrogen-bond donors (Lipinski definition) is 2. The van der Waals surface area contributed by atoms with Gasteiger partial charge in [-0.2, -0.15) is 0 Å². The lowest BCUT2D eigenvalue weighted by Crippen LogP contribution is -2.39. The normalized spacial score (nSPS) is 14.9. The third-order valence-electron chi connectivity index (χ3n) is 5.22. The Morgan fingerprint density at radius 2 is 2.00 bits per heavy atom. The highest BCUT2D eigenvalue weighted by atomic mass is 32.2. The number of aliphatic hydroxyl groups is 1. The smallest absolute Gasteiger partial charge is 0.490 e. The van der Waals surface area contributed by atoms with Crippen molar-refractivity contribution in [2.45, 2.75) is 43.8 Å². The molecule has 36 heavy (non-hydrogen) atoms. The van der Waals surface area contributed by atoms with Crippen LogP contribution in [0.3, 0.4) is 0 Å². The first-order chi connectivity index (χ1) is 17.1. The van der Waals surface area contributed by atoms with Crippen LogP contribution in [0.1, 0.15) is 26.7 Å². The summed E-state index contributed by atoms with van der Waals surface area (Å²) in [5.74, 6) is -0.505. The molecular formula is C23H30FN3O8S. The van der Waals surface area contributed by atoms with Crippen LogP contribution in [0.25, 0.3) is 0 Å². The zero-order valence-corrected chi connectivity index (χ0v) is 21.1. The highest BCUT2D eigenvalue weighted by Crippen LogP contribution is 2.37. The second-order valence-corrected chi connectivity index (χ2v) is 10.4. The van der Waals surface area contributed by atoms with Crippen LogP contribution in [-0.4, -0.2) is 74.5 Å². The van der Waals surface area contributed by atoms with E-state index < -0.39 is 34.2 Å². The van der Waals surface area contributed by atoms with E-state index in [0.717, 1.165) is 6.07 Å². The average Bonchev–Trinajstić information content (AvgIpc) is 2.81. The monoisotopic (exact) mass is 527 g/mol. The van der Waals surface area contributed by atoms with Crippen LogP contribution >= 0.6 is 0 Å². The van der Waals surface area contributed by atoms with Gasteiger partial charge in [0.1, 0.15) is 11.9 Å². The molecule has 0 amide bonds. The lowest BCUT2D eigenvalue weighted by Gasteiger charge is -2.30. The van der Waals surface area contributed by atoms with Gasteiger partial charge in [-0.25, -0.2) is 22.6 Å². The Balaban J connectivity index is 1.67. The Kier molecular flexibility index (Phi) is 9.29. The van der Waals surface area contributed by atoms with Gasteiger partial charge in [0, 0.05) is 38.2 Å². The molecule has 13 heteroatoms. The van der Waals surface area contributed by atoms with Gasteiger partial charge in [-0.1, -0.05) is 0 Å². The molecule has 1 aliphatic heterocycles. The maximum Gasteiger partial charge on any atom is 0.528 e. The number of methoxy groups -OCH3 is 1. The van der Waals surface area contributed by atoms with Crippen molar-refractivity contribution in [1.82, 2.24) is 10.0 Å². The molecule has 0 unspecified atom stereocenters. The van der Waals surface area contributed by atoms with E-state index in [2.05, 4.69) is 10.3 Å². The molecule has 0 bridgehead atoms. The van der Waals surface area contributed by atoms with Gasteiger partial charge in [-0.05, 0) is 32.0 Å². The number of piperidine rings is 1. The average molecular weight is 528 g/mol. The number of aliphatic hydroxyl groups excluding tert-OH is 1. The van der Waals surface area contributed by atoms with Crippen molar-refractivity contribution in [3.63, 3.8) is 0 Å². The largest absolute Gasteiger partial charge is 0.528 e. The fourth-order valence-corrected chi connectivity index (χ4v) is 4.54. The predicted octanol–water partition coefficient (Wildman–Crippen LogP) is 3.06. The number of aromatic nitrogens is 1. The number of carbonyl (C=O) groups excluding carboxylic acids is 1. The molecule has 198 valence electrons. The van der Waals surface area contributed by atoms with Crippen LogP contribution in [0.5, 0.6) is 11.5 Å². The maximum atomic E-state index is 14.7. The number of pyridine rings is 1. The first-order valence-corrected chi connectivity index (χ1v) is 13.0. The summed E-state index contributed by atoms with van der Waals surface area (Å²) < 4.78 is 55.4. The van der Waals surface area contributed by atoms with Gasteiger partial charge in [0.05, 0.1) is 36.2 Å². The van der Waals surface area contributed by atoms with Gasteiger partial charge in [-0.15, -0.1) is 5.06 Å². The summed E-state index contributed by atoms with van der Waals surface area (Å²) in [5, 5.41) is 13.2. The number of anilines is 2. The minimum atomic E-state index is -3.79. The summed E-state index contributed by atoms with van der Waals surface area (Å²) in [6, 6.07) is 5.02. The number of halogens is 1. The predicted molar refractivity (Wildman–Crippen MR) is 128 cm³/mol. The zero-order chi connectivity index (χ0) is 26.3. The van der Waals surface area contributed by atoms with Crippen molar-refractivity contribution in [2.24, 2.45) is 0 Å². The molecule has 2 aromatic rings. The van der Waals surface area contributed by atoms with Gasteiger partial charge < -0.3 is 29.5 Å². The molecule has 0 radical (unpaired) electrons. The number of hydroxylamine groups is 2. The van der Waals surface area contributed by atoms with E-state index in [4.69, 9.17) is 24.2 Å². The van der Waals surface area contributed by atoms with E-state index in [1.165, 1.54) is 30.5 Å². The van der Waals surface area contributed by atoms with Crippen LogP contribution in [0.15, 0.2) is 35.4 Å². The summed E-state index contributed by atoms with van der Waals surface area (Å²) in [6.45, 7) is 3.81.